The van der Waals surface area contributed by atoms with Gasteiger partial charge in [0.05, 0.1) is 0 Å². The Balaban J connectivity index is 1.83. The lowest BCUT2D eigenvalue weighted by Crippen LogP contribution is -2.40. The van der Waals surface area contributed by atoms with Crippen LogP contribution in [0.15, 0.2) is 27.9 Å². The van der Waals surface area contributed by atoms with Crippen molar-refractivity contribution in [1.29, 1.82) is 0 Å². The number of nitrogens with one attached hydrogen (secondary N) is 1. The molecule has 2 heterocycles. The van der Waals surface area contributed by atoms with Crippen molar-refractivity contribution in [2.45, 2.75) is 26.4 Å². The van der Waals surface area contributed by atoms with E-state index in [1.165, 1.54) is 24.9 Å². The molecule has 1 N–H and O–H groups in total. The normalized spacial score (nSPS) is 15.8. The first-order valence-corrected chi connectivity index (χ1v) is 7.62. The van der Waals surface area contributed by atoms with E-state index in [-0.39, 0.29) is 5.69 Å². The molecule has 7 heteroatoms. The van der Waals surface area contributed by atoms with Crippen molar-refractivity contribution in [1.82, 2.24) is 9.13 Å². The van der Waals surface area contributed by atoms with Crippen LogP contribution in [0.5, 0.6) is 5.75 Å². The van der Waals surface area contributed by atoms with Gasteiger partial charge in [-0.05, 0) is 36.6 Å². The second-order valence-electron chi connectivity index (χ2n) is 6.14. The maximum atomic E-state index is 12.4. The average Bonchev–Trinajstić information content (AvgIpc) is 2.93. The van der Waals surface area contributed by atoms with E-state index < -0.39 is 23.3 Å². The fourth-order valence-electron chi connectivity index (χ4n) is 2.77. The molecule has 1 amide bonds. The molecule has 1 aromatic carbocycles. The molecular formula is C17H19N3O4. The molecule has 0 saturated heterocycles. The van der Waals surface area contributed by atoms with Gasteiger partial charge >= 0.3 is 5.69 Å². The number of amides is 1. The molecule has 0 saturated carbocycles. The van der Waals surface area contributed by atoms with Crippen molar-refractivity contribution in [3.8, 4) is 5.75 Å². The second kappa shape index (κ2) is 5.67. The zero-order valence-electron chi connectivity index (χ0n) is 14.0. The zero-order chi connectivity index (χ0) is 17.6. The van der Waals surface area contributed by atoms with Crippen LogP contribution >= 0.6 is 0 Å². The molecule has 0 radical (unpaired) electrons. The van der Waals surface area contributed by atoms with E-state index in [9.17, 15) is 14.4 Å². The maximum Gasteiger partial charge on any atom is 0.330 e. The van der Waals surface area contributed by atoms with Gasteiger partial charge in [-0.2, -0.15) is 0 Å². The van der Waals surface area contributed by atoms with E-state index in [1.54, 1.807) is 0 Å². The number of aryl methyl sites for hydroxylation is 3. The van der Waals surface area contributed by atoms with E-state index in [0.717, 1.165) is 21.3 Å². The minimum atomic E-state index is -0.692. The van der Waals surface area contributed by atoms with Gasteiger partial charge in [-0.3, -0.25) is 14.2 Å². The van der Waals surface area contributed by atoms with Crippen molar-refractivity contribution in [2.75, 3.05) is 5.32 Å². The molecular weight excluding hydrogens is 310 g/mol. The Kier molecular flexibility index (Phi) is 3.79. The predicted octanol–water partition coefficient (Wildman–Crippen LogP) is 0.643. The highest BCUT2D eigenvalue weighted by Gasteiger charge is 2.30. The summed E-state index contributed by atoms with van der Waals surface area (Å²) in [5.41, 5.74) is 2.28. The third kappa shape index (κ3) is 2.62. The number of hydrogen-bond donors (Lipinski definition) is 1. The van der Waals surface area contributed by atoms with E-state index in [2.05, 4.69) is 5.32 Å². The summed E-state index contributed by atoms with van der Waals surface area (Å²) in [6.07, 6.45) is 1.08. The Morgan fingerprint density at radius 1 is 1.21 bits per heavy atom. The van der Waals surface area contributed by atoms with Crippen molar-refractivity contribution in [2.24, 2.45) is 14.1 Å². The van der Waals surface area contributed by atoms with E-state index in [1.807, 2.05) is 26.0 Å². The summed E-state index contributed by atoms with van der Waals surface area (Å²) < 4.78 is 7.91. The Labute approximate surface area is 138 Å². The number of benzene rings is 1. The van der Waals surface area contributed by atoms with Crippen molar-refractivity contribution >= 4 is 11.6 Å². The van der Waals surface area contributed by atoms with Crippen LogP contribution in [0, 0.1) is 13.8 Å². The lowest BCUT2D eigenvalue weighted by Gasteiger charge is -2.12. The molecule has 3 rings (SSSR count). The maximum absolute atomic E-state index is 12.4. The lowest BCUT2D eigenvalue weighted by molar-refractivity contribution is -0.122. The van der Waals surface area contributed by atoms with Crippen LogP contribution in [0.1, 0.15) is 16.7 Å². The van der Waals surface area contributed by atoms with Gasteiger partial charge in [-0.25, -0.2) is 4.79 Å². The molecule has 7 nitrogen and oxygen atoms in total. The number of ether oxygens (including phenoxy) is 1. The Hall–Kier alpha value is -2.83. The van der Waals surface area contributed by atoms with Gasteiger partial charge in [-0.1, -0.05) is 6.07 Å². The smallest absolute Gasteiger partial charge is 0.330 e. The average molecular weight is 329 g/mol. The summed E-state index contributed by atoms with van der Waals surface area (Å²) in [5, 5.41) is 2.57. The molecule has 0 spiro atoms. The summed E-state index contributed by atoms with van der Waals surface area (Å²) in [4.78, 5) is 36.2. The number of fused-ring (bicyclic) bond motifs is 1. The summed E-state index contributed by atoms with van der Waals surface area (Å²) in [6, 6.07) is 3.94. The molecule has 1 aliphatic heterocycles. The van der Waals surface area contributed by atoms with Gasteiger partial charge in [0, 0.05) is 26.7 Å². The predicted molar refractivity (Wildman–Crippen MR) is 89.6 cm³/mol. The lowest BCUT2D eigenvalue weighted by atomic mass is 10.0. The molecule has 1 atom stereocenters. The third-order valence-corrected chi connectivity index (χ3v) is 4.35. The number of carbonyl (C=O) groups excluding carboxylic acids is 1. The van der Waals surface area contributed by atoms with Gasteiger partial charge in [0.2, 0.25) is 0 Å². The van der Waals surface area contributed by atoms with Crippen molar-refractivity contribution in [3.63, 3.8) is 0 Å². The monoisotopic (exact) mass is 329 g/mol. The minimum Gasteiger partial charge on any atom is -0.480 e. The van der Waals surface area contributed by atoms with Crippen molar-refractivity contribution in [3.05, 3.63) is 55.9 Å². The topological polar surface area (TPSA) is 82.3 Å². The molecule has 1 aromatic heterocycles. The molecule has 0 fully saturated rings. The summed E-state index contributed by atoms with van der Waals surface area (Å²) in [6.45, 7) is 4.00. The SMILES string of the molecule is Cc1cc2c(cc1C)OC(C(=O)Nc1cn(C)c(=O)n(C)c1=O)C2. The summed E-state index contributed by atoms with van der Waals surface area (Å²) in [7, 11) is 2.89. The minimum absolute atomic E-state index is 0.0523. The Bertz CT molecular complexity index is 925. The third-order valence-electron chi connectivity index (χ3n) is 4.35. The van der Waals surface area contributed by atoms with Crippen LogP contribution < -0.4 is 21.3 Å². The quantitative estimate of drug-likeness (QED) is 0.877. The van der Waals surface area contributed by atoms with Gasteiger partial charge < -0.3 is 14.6 Å². The molecule has 24 heavy (non-hydrogen) atoms. The highest BCUT2D eigenvalue weighted by molar-refractivity contribution is 5.94. The van der Waals surface area contributed by atoms with Crippen LogP contribution in [0.4, 0.5) is 5.69 Å². The number of nitrogens with zero attached hydrogens (tertiary/aromatic N) is 2. The number of anilines is 1. The molecule has 0 bridgehead atoms. The largest absolute Gasteiger partial charge is 0.480 e. The van der Waals surface area contributed by atoms with E-state index in [4.69, 9.17) is 4.74 Å². The van der Waals surface area contributed by atoms with E-state index in [0.29, 0.717) is 12.2 Å². The second-order valence-corrected chi connectivity index (χ2v) is 6.14. The summed E-state index contributed by atoms with van der Waals surface area (Å²) in [5.74, 6) is 0.295. The standard InChI is InChI=1S/C17H19N3O4/c1-9-5-11-7-14(24-13(11)6-10(9)2)15(21)18-12-8-19(3)17(23)20(4)16(12)22/h5-6,8,14H,7H2,1-4H3,(H,18,21). The van der Waals surface area contributed by atoms with Crippen LogP contribution in [0.25, 0.3) is 0 Å². The number of hydrogen-bond acceptors (Lipinski definition) is 4. The first-order valence-electron chi connectivity index (χ1n) is 7.62. The highest BCUT2D eigenvalue weighted by atomic mass is 16.5. The number of carbonyl (C=O) groups is 1. The van der Waals surface area contributed by atoms with Crippen LogP contribution in [0.2, 0.25) is 0 Å². The van der Waals surface area contributed by atoms with Crippen LogP contribution in [-0.2, 0) is 25.3 Å². The Morgan fingerprint density at radius 2 is 1.88 bits per heavy atom. The molecule has 126 valence electrons. The highest BCUT2D eigenvalue weighted by Crippen LogP contribution is 2.31. The van der Waals surface area contributed by atoms with Gasteiger partial charge in [0.1, 0.15) is 11.4 Å². The van der Waals surface area contributed by atoms with Crippen molar-refractivity contribution < 1.29 is 9.53 Å². The molecule has 2 aromatic rings. The molecule has 0 aliphatic carbocycles. The van der Waals surface area contributed by atoms with Gasteiger partial charge in [0.25, 0.3) is 11.5 Å². The summed E-state index contributed by atoms with van der Waals surface area (Å²) >= 11 is 0. The number of rotatable bonds is 2. The van der Waals surface area contributed by atoms with Crippen LogP contribution in [-0.4, -0.2) is 21.1 Å². The van der Waals surface area contributed by atoms with Gasteiger partial charge in [-0.15, -0.1) is 0 Å². The first-order chi connectivity index (χ1) is 11.3. The van der Waals surface area contributed by atoms with E-state index >= 15 is 0 Å². The number of aromatic nitrogens is 2. The molecule has 1 unspecified atom stereocenters. The fourth-order valence-corrected chi connectivity index (χ4v) is 2.77. The fraction of sp³-hybridized carbons (Fsp3) is 0.353. The Morgan fingerprint density at radius 3 is 2.58 bits per heavy atom. The first kappa shape index (κ1) is 16.0. The zero-order valence-corrected chi connectivity index (χ0v) is 14.0. The van der Waals surface area contributed by atoms with Gasteiger partial charge in [0.15, 0.2) is 6.10 Å². The van der Waals surface area contributed by atoms with Crippen LogP contribution in [0.3, 0.4) is 0 Å². The molecule has 1 aliphatic rings.